The Bertz CT molecular complexity index is 476. The van der Waals surface area contributed by atoms with E-state index < -0.39 is 29.0 Å². The summed E-state index contributed by atoms with van der Waals surface area (Å²) in [4.78, 5) is 11.6. The second kappa shape index (κ2) is 6.33. The van der Waals surface area contributed by atoms with Crippen LogP contribution in [-0.2, 0) is 10.9 Å². The predicted molar refractivity (Wildman–Crippen MR) is 63.3 cm³/mol. The number of hydrogen-bond acceptors (Lipinski definition) is 2. The van der Waals surface area contributed by atoms with Crippen LogP contribution in [-0.4, -0.2) is 26.2 Å². The van der Waals surface area contributed by atoms with Crippen LogP contribution in [0.5, 0.6) is 0 Å². The normalized spacial score (nSPS) is 11.5. The number of halogens is 5. The Morgan fingerprint density at radius 1 is 1.42 bits per heavy atom. The van der Waals surface area contributed by atoms with Crippen LogP contribution >= 0.6 is 15.9 Å². The smallest absolute Gasteiger partial charge is 0.383 e. The van der Waals surface area contributed by atoms with E-state index in [1.807, 2.05) is 0 Å². The summed E-state index contributed by atoms with van der Waals surface area (Å²) >= 11 is 2.86. The monoisotopic (exact) mass is 343 g/mol. The molecule has 0 spiro atoms. The lowest BCUT2D eigenvalue weighted by Crippen LogP contribution is -2.29. The number of carbonyl (C=O) groups excluding carboxylic acids is 1. The van der Waals surface area contributed by atoms with E-state index in [1.165, 1.54) is 7.11 Å². The van der Waals surface area contributed by atoms with E-state index in [2.05, 4.69) is 26.0 Å². The summed E-state index contributed by atoms with van der Waals surface area (Å²) in [6, 6.07) is 1.56. The van der Waals surface area contributed by atoms with Gasteiger partial charge in [-0.1, -0.05) is 0 Å². The van der Waals surface area contributed by atoms with E-state index in [9.17, 15) is 22.4 Å². The van der Waals surface area contributed by atoms with Crippen molar-refractivity contribution in [3.63, 3.8) is 0 Å². The van der Waals surface area contributed by atoms with Crippen LogP contribution in [0.15, 0.2) is 16.6 Å². The summed E-state index contributed by atoms with van der Waals surface area (Å²) in [5.74, 6) is -2.54. The molecule has 0 aliphatic rings. The third-order valence-corrected chi connectivity index (χ3v) is 2.88. The average molecular weight is 344 g/mol. The van der Waals surface area contributed by atoms with Crippen LogP contribution in [0.3, 0.4) is 0 Å². The number of hydrogen-bond donors (Lipinski definition) is 1. The summed E-state index contributed by atoms with van der Waals surface area (Å²) in [7, 11) is 1.40. The van der Waals surface area contributed by atoms with Crippen molar-refractivity contribution in [2.24, 2.45) is 0 Å². The van der Waals surface area contributed by atoms with Gasteiger partial charge in [-0.2, -0.15) is 13.2 Å². The lowest BCUT2D eigenvalue weighted by molar-refractivity contribution is -0.140. The highest BCUT2D eigenvalue weighted by atomic mass is 79.9. The van der Waals surface area contributed by atoms with E-state index in [0.29, 0.717) is 6.07 Å². The Balaban J connectivity index is 3.09. The molecule has 0 aliphatic heterocycles. The van der Waals surface area contributed by atoms with Crippen molar-refractivity contribution in [2.45, 2.75) is 6.18 Å². The van der Waals surface area contributed by atoms with Crippen LogP contribution in [0.4, 0.5) is 17.6 Å². The number of alkyl halides is 3. The summed E-state index contributed by atoms with van der Waals surface area (Å²) in [6.07, 6.45) is -4.85. The molecule has 0 unspecified atom stereocenters. The number of carbonyl (C=O) groups is 1. The highest BCUT2D eigenvalue weighted by molar-refractivity contribution is 9.10. The maximum atomic E-state index is 13.7. The van der Waals surface area contributed by atoms with Crippen molar-refractivity contribution in [1.82, 2.24) is 5.32 Å². The molecule has 0 bridgehead atoms. The van der Waals surface area contributed by atoms with Gasteiger partial charge in [-0.3, -0.25) is 4.79 Å². The molecule has 1 aromatic carbocycles. The Morgan fingerprint density at radius 2 is 2.05 bits per heavy atom. The van der Waals surface area contributed by atoms with Gasteiger partial charge < -0.3 is 10.1 Å². The summed E-state index contributed by atoms with van der Waals surface area (Å²) < 4.78 is 55.9. The Hall–Kier alpha value is -1.15. The van der Waals surface area contributed by atoms with E-state index in [1.54, 1.807) is 0 Å². The highest BCUT2D eigenvalue weighted by Crippen LogP contribution is 2.34. The summed E-state index contributed by atoms with van der Waals surface area (Å²) in [5.41, 5.74) is -2.15. The molecule has 106 valence electrons. The molecular formula is C11H10BrF4NO2. The average Bonchev–Trinajstić information content (AvgIpc) is 2.27. The van der Waals surface area contributed by atoms with E-state index in [4.69, 9.17) is 0 Å². The first-order valence-electron chi connectivity index (χ1n) is 5.11. The van der Waals surface area contributed by atoms with Gasteiger partial charge in [0.15, 0.2) is 0 Å². The fourth-order valence-corrected chi connectivity index (χ4v) is 1.82. The van der Waals surface area contributed by atoms with Gasteiger partial charge in [-0.05, 0) is 28.1 Å². The van der Waals surface area contributed by atoms with Crippen molar-refractivity contribution in [1.29, 1.82) is 0 Å². The first-order valence-corrected chi connectivity index (χ1v) is 5.90. The van der Waals surface area contributed by atoms with Gasteiger partial charge in [0.05, 0.1) is 17.7 Å². The molecule has 8 heteroatoms. The molecule has 1 rings (SSSR count). The second-order valence-corrected chi connectivity index (χ2v) is 4.38. The molecule has 1 N–H and O–H groups in total. The number of nitrogens with one attached hydrogen (secondary N) is 1. The quantitative estimate of drug-likeness (QED) is 0.674. The lowest BCUT2D eigenvalue weighted by atomic mass is 10.1. The molecule has 1 aromatic rings. The standard InChI is InChI=1S/C11H10BrF4NO2/c1-19-5-4-17-10(18)8-7(12)3-2-6(9(8)13)11(14,15)16/h2-3H,4-5H2,1H3,(H,17,18). The first-order chi connectivity index (χ1) is 8.79. The fourth-order valence-electron chi connectivity index (χ4n) is 1.33. The Labute approximate surface area is 115 Å². The van der Waals surface area contributed by atoms with E-state index >= 15 is 0 Å². The molecule has 0 radical (unpaired) electrons. The van der Waals surface area contributed by atoms with Crippen molar-refractivity contribution >= 4 is 21.8 Å². The molecule has 3 nitrogen and oxygen atoms in total. The van der Waals surface area contributed by atoms with Crippen LogP contribution in [0.25, 0.3) is 0 Å². The Morgan fingerprint density at radius 3 is 2.58 bits per heavy atom. The topological polar surface area (TPSA) is 38.3 Å². The zero-order chi connectivity index (χ0) is 14.6. The fraction of sp³-hybridized carbons (Fsp3) is 0.364. The molecule has 0 atom stereocenters. The third kappa shape index (κ3) is 3.90. The van der Waals surface area contributed by atoms with Crippen molar-refractivity contribution < 1.29 is 27.1 Å². The number of benzene rings is 1. The van der Waals surface area contributed by atoms with E-state index in [-0.39, 0.29) is 17.6 Å². The zero-order valence-electron chi connectivity index (χ0n) is 9.78. The zero-order valence-corrected chi connectivity index (χ0v) is 11.4. The molecule has 0 saturated carbocycles. The molecule has 0 aromatic heterocycles. The van der Waals surface area contributed by atoms with Crippen molar-refractivity contribution in [2.75, 3.05) is 20.3 Å². The van der Waals surface area contributed by atoms with Gasteiger partial charge in [0, 0.05) is 18.1 Å². The van der Waals surface area contributed by atoms with Gasteiger partial charge >= 0.3 is 6.18 Å². The van der Waals surface area contributed by atoms with E-state index in [0.717, 1.165) is 6.07 Å². The minimum atomic E-state index is -4.85. The molecule has 0 saturated heterocycles. The number of methoxy groups -OCH3 is 1. The molecule has 0 heterocycles. The highest BCUT2D eigenvalue weighted by Gasteiger charge is 2.36. The van der Waals surface area contributed by atoms with Crippen molar-refractivity contribution in [3.8, 4) is 0 Å². The summed E-state index contributed by atoms with van der Waals surface area (Å²) in [6.45, 7) is 0.237. The number of ether oxygens (including phenoxy) is 1. The van der Waals surface area contributed by atoms with Gasteiger partial charge in [0.1, 0.15) is 5.82 Å². The van der Waals surface area contributed by atoms with Crippen LogP contribution in [0.2, 0.25) is 0 Å². The molecule has 1 amide bonds. The minimum Gasteiger partial charge on any atom is -0.383 e. The predicted octanol–water partition coefficient (Wildman–Crippen LogP) is 2.98. The van der Waals surface area contributed by atoms with Gasteiger partial charge in [-0.15, -0.1) is 0 Å². The van der Waals surface area contributed by atoms with Gasteiger partial charge in [0.2, 0.25) is 0 Å². The maximum absolute atomic E-state index is 13.7. The van der Waals surface area contributed by atoms with Crippen LogP contribution in [0, 0.1) is 5.82 Å². The molecule has 0 fully saturated rings. The molecule has 0 aliphatic carbocycles. The van der Waals surface area contributed by atoms with Gasteiger partial charge in [-0.25, -0.2) is 4.39 Å². The third-order valence-electron chi connectivity index (χ3n) is 2.22. The number of amides is 1. The van der Waals surface area contributed by atoms with Gasteiger partial charge in [0.25, 0.3) is 5.91 Å². The summed E-state index contributed by atoms with van der Waals surface area (Å²) in [5, 5.41) is 2.26. The molecular weight excluding hydrogens is 334 g/mol. The largest absolute Gasteiger partial charge is 0.419 e. The SMILES string of the molecule is COCCNC(=O)c1c(Br)ccc(C(F)(F)F)c1F. The second-order valence-electron chi connectivity index (χ2n) is 3.53. The number of rotatable bonds is 4. The van der Waals surface area contributed by atoms with Crippen LogP contribution < -0.4 is 5.32 Å². The van der Waals surface area contributed by atoms with Crippen molar-refractivity contribution in [3.05, 3.63) is 33.5 Å². The lowest BCUT2D eigenvalue weighted by Gasteiger charge is -2.13. The van der Waals surface area contributed by atoms with Crippen LogP contribution in [0.1, 0.15) is 15.9 Å². The first kappa shape index (κ1) is 15.9. The Kier molecular flexibility index (Phi) is 5.30. The molecule has 19 heavy (non-hydrogen) atoms. The minimum absolute atomic E-state index is 0.0482. The maximum Gasteiger partial charge on any atom is 0.419 e.